The van der Waals surface area contributed by atoms with Gasteiger partial charge in [-0.3, -0.25) is 4.79 Å². The maximum absolute atomic E-state index is 12.4. The zero-order valence-electron chi connectivity index (χ0n) is 16.5. The molecule has 0 spiro atoms. The van der Waals surface area contributed by atoms with Gasteiger partial charge in [0.1, 0.15) is 0 Å². The predicted molar refractivity (Wildman–Crippen MR) is 124 cm³/mol. The number of rotatable bonds is 5. The Balaban J connectivity index is 1.39. The lowest BCUT2D eigenvalue weighted by Gasteiger charge is -2.18. The van der Waals surface area contributed by atoms with E-state index >= 15 is 0 Å². The molecule has 0 radical (unpaired) electrons. The molecule has 2 N–H and O–H groups in total. The average Bonchev–Trinajstić information content (AvgIpc) is 3.47. The van der Waals surface area contributed by atoms with Gasteiger partial charge in [0.15, 0.2) is 0 Å². The number of hydrogen-bond donors (Lipinski definition) is 2. The van der Waals surface area contributed by atoms with E-state index in [0.717, 1.165) is 41.2 Å². The van der Waals surface area contributed by atoms with Crippen LogP contribution in [0.3, 0.4) is 0 Å². The molecule has 0 saturated carbocycles. The average molecular weight is 418 g/mol. The van der Waals surface area contributed by atoms with Crippen molar-refractivity contribution in [1.29, 1.82) is 0 Å². The summed E-state index contributed by atoms with van der Waals surface area (Å²) in [4.78, 5) is 28.8. The van der Waals surface area contributed by atoms with Crippen molar-refractivity contribution in [3.63, 3.8) is 0 Å². The number of para-hydroxylation sites is 2. The molecule has 0 aliphatic carbocycles. The molecule has 3 amide bonds. The highest BCUT2D eigenvalue weighted by Crippen LogP contribution is 2.28. The van der Waals surface area contributed by atoms with E-state index in [0.29, 0.717) is 11.4 Å². The summed E-state index contributed by atoms with van der Waals surface area (Å²) in [6, 6.07) is 21.3. The van der Waals surface area contributed by atoms with Gasteiger partial charge in [-0.2, -0.15) is 0 Å². The van der Waals surface area contributed by atoms with Crippen LogP contribution in [-0.4, -0.2) is 29.9 Å². The predicted octanol–water partition coefficient (Wildman–Crippen LogP) is 5.69. The summed E-state index contributed by atoms with van der Waals surface area (Å²) < 4.78 is 0. The summed E-state index contributed by atoms with van der Waals surface area (Å²) in [5, 5.41) is 5.76. The van der Waals surface area contributed by atoms with Gasteiger partial charge in [0.25, 0.3) is 0 Å². The second kappa shape index (κ2) is 9.41. The van der Waals surface area contributed by atoms with E-state index in [4.69, 9.17) is 0 Å². The van der Waals surface area contributed by atoms with Crippen LogP contribution in [0.15, 0.2) is 72.8 Å². The minimum absolute atomic E-state index is 0.128. The summed E-state index contributed by atoms with van der Waals surface area (Å²) in [5.74, 6) is -0.243. The topological polar surface area (TPSA) is 61.4 Å². The minimum Gasteiger partial charge on any atom is -0.325 e. The molecule has 152 valence electrons. The molecule has 1 saturated heterocycles. The standard InChI is InChI=1S/C24H23N3O2S/c28-23(15-13-19-12-14-22(30-19)18-8-2-1-3-9-18)25-20-10-4-5-11-21(20)26-24(29)27-16-6-7-17-27/h1-5,8-15H,6-7,16-17H2,(H,25,28)(H,26,29)/b15-13+. The largest absolute Gasteiger partial charge is 0.325 e. The van der Waals surface area contributed by atoms with Crippen LogP contribution in [0.2, 0.25) is 0 Å². The van der Waals surface area contributed by atoms with Crippen molar-refractivity contribution in [1.82, 2.24) is 4.90 Å². The van der Waals surface area contributed by atoms with E-state index in [2.05, 4.69) is 28.8 Å². The molecule has 5 nitrogen and oxygen atoms in total. The number of anilines is 2. The zero-order chi connectivity index (χ0) is 20.8. The van der Waals surface area contributed by atoms with E-state index < -0.39 is 0 Å². The molecule has 30 heavy (non-hydrogen) atoms. The Morgan fingerprint density at radius 3 is 2.23 bits per heavy atom. The first-order valence-electron chi connectivity index (χ1n) is 9.98. The Kier molecular flexibility index (Phi) is 6.25. The van der Waals surface area contributed by atoms with Gasteiger partial charge in [0, 0.05) is 28.9 Å². The van der Waals surface area contributed by atoms with Crippen molar-refractivity contribution in [2.45, 2.75) is 12.8 Å². The van der Waals surface area contributed by atoms with Crippen LogP contribution in [0.1, 0.15) is 17.7 Å². The fraction of sp³-hybridized carbons (Fsp3) is 0.167. The van der Waals surface area contributed by atoms with Gasteiger partial charge in [-0.25, -0.2) is 4.79 Å². The van der Waals surface area contributed by atoms with Crippen molar-refractivity contribution < 1.29 is 9.59 Å². The fourth-order valence-electron chi connectivity index (χ4n) is 3.35. The Morgan fingerprint density at radius 2 is 1.50 bits per heavy atom. The minimum atomic E-state index is -0.243. The molecular weight excluding hydrogens is 394 g/mol. The number of carbonyl (C=O) groups is 2. The lowest BCUT2D eigenvalue weighted by molar-refractivity contribution is -0.111. The summed E-state index contributed by atoms with van der Waals surface area (Å²) in [6.45, 7) is 1.55. The van der Waals surface area contributed by atoms with Gasteiger partial charge in [-0.1, -0.05) is 42.5 Å². The van der Waals surface area contributed by atoms with E-state index in [-0.39, 0.29) is 11.9 Å². The van der Waals surface area contributed by atoms with Crippen LogP contribution in [0.4, 0.5) is 16.2 Å². The van der Waals surface area contributed by atoms with Crippen LogP contribution in [0.25, 0.3) is 16.5 Å². The number of thiophene rings is 1. The van der Waals surface area contributed by atoms with Crippen molar-refractivity contribution >= 4 is 40.7 Å². The summed E-state index contributed by atoms with van der Waals surface area (Å²) in [5.41, 5.74) is 2.34. The summed E-state index contributed by atoms with van der Waals surface area (Å²) >= 11 is 1.63. The number of urea groups is 1. The fourth-order valence-corrected chi connectivity index (χ4v) is 4.26. The van der Waals surface area contributed by atoms with E-state index in [9.17, 15) is 9.59 Å². The summed E-state index contributed by atoms with van der Waals surface area (Å²) in [7, 11) is 0. The van der Waals surface area contributed by atoms with Crippen LogP contribution in [-0.2, 0) is 4.79 Å². The molecule has 6 heteroatoms. The number of amides is 3. The highest BCUT2D eigenvalue weighted by Gasteiger charge is 2.18. The summed E-state index contributed by atoms with van der Waals surface area (Å²) in [6.07, 6.45) is 5.38. The molecule has 1 aliphatic rings. The molecule has 0 unspecified atom stereocenters. The van der Waals surface area contributed by atoms with Gasteiger partial charge >= 0.3 is 6.03 Å². The third-order valence-corrected chi connectivity index (χ3v) is 6.00. The monoisotopic (exact) mass is 417 g/mol. The SMILES string of the molecule is O=C(/C=C/c1ccc(-c2ccccc2)s1)Nc1ccccc1NC(=O)N1CCCC1. The number of carbonyl (C=O) groups excluding carboxylic acids is 2. The molecule has 0 bridgehead atoms. The van der Waals surface area contributed by atoms with Crippen molar-refractivity contribution in [3.8, 4) is 10.4 Å². The van der Waals surface area contributed by atoms with Crippen molar-refractivity contribution in [2.24, 2.45) is 0 Å². The molecule has 0 atom stereocenters. The van der Waals surface area contributed by atoms with Gasteiger partial charge in [0.2, 0.25) is 5.91 Å². The lowest BCUT2D eigenvalue weighted by atomic mass is 10.2. The number of nitrogens with one attached hydrogen (secondary N) is 2. The number of hydrogen-bond acceptors (Lipinski definition) is 3. The highest BCUT2D eigenvalue weighted by atomic mass is 32.1. The molecule has 2 aromatic carbocycles. The van der Waals surface area contributed by atoms with E-state index in [1.807, 2.05) is 36.4 Å². The van der Waals surface area contributed by atoms with Crippen molar-refractivity contribution in [3.05, 3.63) is 77.7 Å². The van der Waals surface area contributed by atoms with Gasteiger partial charge in [0.05, 0.1) is 11.4 Å². The maximum Gasteiger partial charge on any atom is 0.321 e. The molecule has 3 aromatic rings. The van der Waals surface area contributed by atoms with Crippen LogP contribution in [0, 0.1) is 0 Å². The molecule has 2 heterocycles. The first-order chi connectivity index (χ1) is 14.7. The van der Waals surface area contributed by atoms with Crippen LogP contribution in [0.5, 0.6) is 0 Å². The zero-order valence-corrected chi connectivity index (χ0v) is 17.3. The van der Waals surface area contributed by atoms with Crippen LogP contribution >= 0.6 is 11.3 Å². The molecule has 4 rings (SSSR count). The molecule has 1 aromatic heterocycles. The Morgan fingerprint density at radius 1 is 0.833 bits per heavy atom. The quantitative estimate of drug-likeness (QED) is 0.524. The number of nitrogens with zero attached hydrogens (tertiary/aromatic N) is 1. The molecule has 1 fully saturated rings. The van der Waals surface area contributed by atoms with E-state index in [1.165, 1.54) is 6.08 Å². The first kappa shape index (κ1) is 19.9. The van der Waals surface area contributed by atoms with Crippen molar-refractivity contribution in [2.75, 3.05) is 23.7 Å². The Labute approximate surface area is 180 Å². The number of likely N-dealkylation sites (tertiary alicyclic amines) is 1. The Bertz CT molecular complexity index is 1050. The second-order valence-electron chi connectivity index (χ2n) is 7.06. The molecular formula is C24H23N3O2S. The van der Waals surface area contributed by atoms with E-state index in [1.54, 1.807) is 34.4 Å². The normalized spacial score (nSPS) is 13.5. The van der Waals surface area contributed by atoms with Gasteiger partial charge < -0.3 is 15.5 Å². The van der Waals surface area contributed by atoms with Crippen LogP contribution < -0.4 is 10.6 Å². The smallest absolute Gasteiger partial charge is 0.321 e. The maximum atomic E-state index is 12.4. The third kappa shape index (κ3) is 4.96. The molecule has 1 aliphatic heterocycles. The Hall–Kier alpha value is -3.38. The lowest BCUT2D eigenvalue weighted by Crippen LogP contribution is -2.32. The van der Waals surface area contributed by atoms with Gasteiger partial charge in [-0.05, 0) is 48.7 Å². The third-order valence-electron chi connectivity index (χ3n) is 4.90. The second-order valence-corrected chi connectivity index (χ2v) is 8.18. The first-order valence-corrected chi connectivity index (χ1v) is 10.8. The highest BCUT2D eigenvalue weighted by molar-refractivity contribution is 7.16. The van der Waals surface area contributed by atoms with Gasteiger partial charge in [-0.15, -0.1) is 11.3 Å². The number of benzene rings is 2.